The van der Waals surface area contributed by atoms with Gasteiger partial charge in [0.15, 0.2) is 5.58 Å². The monoisotopic (exact) mass is 410 g/mol. The molecule has 0 bridgehead atoms. The summed E-state index contributed by atoms with van der Waals surface area (Å²) < 4.78 is 8.26. The Kier molecular flexibility index (Phi) is 3.55. The van der Waals surface area contributed by atoms with Crippen molar-refractivity contribution >= 4 is 43.9 Å². The molecule has 7 aromatic rings. The zero-order valence-electron chi connectivity index (χ0n) is 17.2. The van der Waals surface area contributed by atoms with E-state index in [1.165, 1.54) is 21.8 Å². The van der Waals surface area contributed by atoms with Crippen LogP contribution in [-0.2, 0) is 0 Å². The molecular weight excluding hydrogens is 392 g/mol. The highest BCUT2D eigenvalue weighted by atomic mass is 16.3. The molecule has 150 valence electrons. The van der Waals surface area contributed by atoms with Crippen molar-refractivity contribution in [1.82, 2.24) is 9.55 Å². The predicted molar refractivity (Wildman–Crippen MR) is 131 cm³/mol. The van der Waals surface area contributed by atoms with E-state index in [1.807, 2.05) is 30.3 Å². The van der Waals surface area contributed by atoms with Crippen molar-refractivity contribution in [2.75, 3.05) is 0 Å². The van der Waals surface area contributed by atoms with E-state index >= 15 is 0 Å². The number of benzene rings is 4. The third-order valence-corrected chi connectivity index (χ3v) is 6.22. The lowest BCUT2D eigenvalue weighted by molar-refractivity contribution is 0.668. The standard InChI is InChI=1S/C29H18N2O/c1-4-10-25-21(7-1)22-8-2-5-11-26(22)31(25)20-15-13-19(14-16-20)24-17-18-28-29(30-24)23-9-3-6-12-27(23)32-28/h1-18H. The molecule has 3 nitrogen and oxygen atoms in total. The van der Waals surface area contributed by atoms with E-state index in [0.29, 0.717) is 0 Å². The van der Waals surface area contributed by atoms with Crippen LogP contribution in [0.5, 0.6) is 0 Å². The Balaban J connectivity index is 1.38. The summed E-state index contributed by atoms with van der Waals surface area (Å²) in [7, 11) is 0. The van der Waals surface area contributed by atoms with Crippen molar-refractivity contribution in [2.24, 2.45) is 0 Å². The highest BCUT2D eigenvalue weighted by molar-refractivity contribution is 6.09. The summed E-state index contributed by atoms with van der Waals surface area (Å²) in [5, 5.41) is 3.59. The van der Waals surface area contributed by atoms with Gasteiger partial charge in [-0.3, -0.25) is 0 Å². The Morgan fingerprint density at radius 2 is 1.16 bits per heavy atom. The molecule has 3 heteroatoms. The molecule has 7 rings (SSSR count). The summed E-state index contributed by atoms with van der Waals surface area (Å²) >= 11 is 0. The van der Waals surface area contributed by atoms with Gasteiger partial charge in [-0.2, -0.15) is 0 Å². The second kappa shape index (κ2) is 6.56. The summed E-state index contributed by atoms with van der Waals surface area (Å²) in [5.74, 6) is 0. The van der Waals surface area contributed by atoms with Gasteiger partial charge in [-0.15, -0.1) is 0 Å². The summed E-state index contributed by atoms with van der Waals surface area (Å²) in [6, 6.07) is 37.9. The number of hydrogen-bond acceptors (Lipinski definition) is 2. The fraction of sp³-hybridized carbons (Fsp3) is 0. The normalized spacial score (nSPS) is 11.8. The summed E-state index contributed by atoms with van der Waals surface area (Å²) in [5.41, 5.74) is 8.19. The van der Waals surface area contributed by atoms with Crippen LogP contribution in [0, 0.1) is 0 Å². The van der Waals surface area contributed by atoms with Crippen LogP contribution < -0.4 is 0 Å². The average Bonchev–Trinajstić information content (AvgIpc) is 3.40. The van der Waals surface area contributed by atoms with E-state index in [9.17, 15) is 0 Å². The molecule has 0 aliphatic carbocycles. The Bertz CT molecular complexity index is 1720. The molecule has 4 aromatic carbocycles. The van der Waals surface area contributed by atoms with Gasteiger partial charge in [0.1, 0.15) is 11.1 Å². The molecule has 0 N–H and O–H groups in total. The van der Waals surface area contributed by atoms with Gasteiger partial charge >= 0.3 is 0 Å². The summed E-state index contributed by atoms with van der Waals surface area (Å²) in [4.78, 5) is 4.93. The van der Waals surface area contributed by atoms with Crippen LogP contribution in [0.2, 0.25) is 0 Å². The van der Waals surface area contributed by atoms with Gasteiger partial charge in [0, 0.05) is 27.4 Å². The second-order valence-electron chi connectivity index (χ2n) is 8.06. The number of rotatable bonds is 2. The van der Waals surface area contributed by atoms with E-state index in [1.54, 1.807) is 0 Å². The number of hydrogen-bond donors (Lipinski definition) is 0. The van der Waals surface area contributed by atoms with Crippen LogP contribution in [0.1, 0.15) is 0 Å². The predicted octanol–water partition coefficient (Wildman–Crippen LogP) is 7.75. The van der Waals surface area contributed by atoms with Gasteiger partial charge in [-0.05, 0) is 48.5 Å². The topological polar surface area (TPSA) is 31.0 Å². The molecule has 0 fully saturated rings. The highest BCUT2D eigenvalue weighted by Crippen LogP contribution is 2.33. The molecule has 3 heterocycles. The zero-order valence-corrected chi connectivity index (χ0v) is 17.2. The molecular formula is C29H18N2O. The average molecular weight is 410 g/mol. The molecule has 3 aromatic heterocycles. The number of aromatic nitrogens is 2. The Labute approximate surface area is 184 Å². The van der Waals surface area contributed by atoms with Crippen molar-refractivity contribution in [3.63, 3.8) is 0 Å². The lowest BCUT2D eigenvalue weighted by Gasteiger charge is -2.09. The van der Waals surface area contributed by atoms with Crippen molar-refractivity contribution in [3.8, 4) is 16.9 Å². The van der Waals surface area contributed by atoms with Crippen molar-refractivity contribution in [3.05, 3.63) is 109 Å². The van der Waals surface area contributed by atoms with Crippen molar-refractivity contribution < 1.29 is 4.42 Å². The maximum Gasteiger partial charge on any atom is 0.153 e. The smallest absolute Gasteiger partial charge is 0.153 e. The first-order valence-corrected chi connectivity index (χ1v) is 10.7. The van der Waals surface area contributed by atoms with Crippen molar-refractivity contribution in [2.45, 2.75) is 0 Å². The number of furan rings is 1. The second-order valence-corrected chi connectivity index (χ2v) is 8.06. The molecule has 0 aliphatic rings. The van der Waals surface area contributed by atoms with Gasteiger partial charge in [-0.1, -0.05) is 60.7 Å². The Hall–Kier alpha value is -4.37. The lowest BCUT2D eigenvalue weighted by Crippen LogP contribution is -1.93. The number of pyridine rings is 1. The van der Waals surface area contributed by atoms with E-state index in [0.717, 1.165) is 39.0 Å². The van der Waals surface area contributed by atoms with E-state index in [-0.39, 0.29) is 0 Å². The van der Waals surface area contributed by atoms with Crippen LogP contribution >= 0.6 is 0 Å². The van der Waals surface area contributed by atoms with Crippen LogP contribution in [0.15, 0.2) is 114 Å². The quantitative estimate of drug-likeness (QED) is 0.292. The number of fused-ring (bicyclic) bond motifs is 6. The van der Waals surface area contributed by atoms with E-state index < -0.39 is 0 Å². The fourth-order valence-electron chi connectivity index (χ4n) is 4.73. The fourth-order valence-corrected chi connectivity index (χ4v) is 4.73. The Morgan fingerprint density at radius 3 is 1.88 bits per heavy atom. The van der Waals surface area contributed by atoms with E-state index in [4.69, 9.17) is 9.40 Å². The molecule has 0 saturated heterocycles. The molecule has 0 aliphatic heterocycles. The highest BCUT2D eigenvalue weighted by Gasteiger charge is 2.12. The van der Waals surface area contributed by atoms with Crippen LogP contribution in [0.25, 0.3) is 60.8 Å². The maximum absolute atomic E-state index is 5.93. The molecule has 0 amide bonds. The van der Waals surface area contributed by atoms with Gasteiger partial charge in [0.25, 0.3) is 0 Å². The minimum absolute atomic E-state index is 0.817. The summed E-state index contributed by atoms with van der Waals surface area (Å²) in [6.07, 6.45) is 0. The van der Waals surface area contributed by atoms with E-state index in [2.05, 4.69) is 83.4 Å². The first kappa shape index (κ1) is 17.3. The first-order valence-electron chi connectivity index (χ1n) is 10.7. The minimum atomic E-state index is 0.817. The zero-order chi connectivity index (χ0) is 21.1. The molecule has 0 saturated carbocycles. The van der Waals surface area contributed by atoms with Crippen LogP contribution in [-0.4, -0.2) is 9.55 Å². The van der Waals surface area contributed by atoms with Gasteiger partial charge in [0.2, 0.25) is 0 Å². The number of nitrogens with zero attached hydrogens (tertiary/aromatic N) is 2. The molecule has 32 heavy (non-hydrogen) atoms. The maximum atomic E-state index is 5.93. The van der Waals surface area contributed by atoms with Crippen LogP contribution in [0.4, 0.5) is 0 Å². The largest absolute Gasteiger partial charge is 0.454 e. The third-order valence-electron chi connectivity index (χ3n) is 6.22. The van der Waals surface area contributed by atoms with Gasteiger partial charge in [0.05, 0.1) is 16.7 Å². The van der Waals surface area contributed by atoms with Gasteiger partial charge < -0.3 is 8.98 Å². The van der Waals surface area contributed by atoms with Crippen molar-refractivity contribution in [1.29, 1.82) is 0 Å². The van der Waals surface area contributed by atoms with Crippen LogP contribution in [0.3, 0.4) is 0 Å². The molecule has 0 unspecified atom stereocenters. The first-order chi connectivity index (χ1) is 15.9. The lowest BCUT2D eigenvalue weighted by atomic mass is 10.1. The minimum Gasteiger partial charge on any atom is -0.454 e. The SMILES string of the molecule is c1ccc2c(c1)oc1ccc(-c3ccc(-n4c5ccccc5c5ccccc54)cc3)nc12. The third kappa shape index (κ3) is 2.45. The summed E-state index contributed by atoms with van der Waals surface area (Å²) in [6.45, 7) is 0. The Morgan fingerprint density at radius 1 is 0.531 bits per heavy atom. The number of para-hydroxylation sites is 3. The van der Waals surface area contributed by atoms with Gasteiger partial charge in [-0.25, -0.2) is 4.98 Å². The molecule has 0 radical (unpaired) electrons. The molecule has 0 atom stereocenters. The molecule has 0 spiro atoms.